The summed E-state index contributed by atoms with van der Waals surface area (Å²) in [6.07, 6.45) is 0. The molecular formula is C19H16O2. The van der Waals surface area contributed by atoms with Crippen LogP contribution in [0.4, 0.5) is 0 Å². The van der Waals surface area contributed by atoms with Gasteiger partial charge in [0.2, 0.25) is 0 Å². The molecule has 3 rings (SSSR count). The van der Waals surface area contributed by atoms with Crippen molar-refractivity contribution in [2.45, 2.75) is 13.5 Å². The molecule has 0 amide bonds. The van der Waals surface area contributed by atoms with Crippen molar-refractivity contribution >= 4 is 16.7 Å². The number of ether oxygens (including phenoxy) is 1. The van der Waals surface area contributed by atoms with E-state index in [0.29, 0.717) is 5.56 Å². The maximum atomic E-state index is 12.0. The summed E-state index contributed by atoms with van der Waals surface area (Å²) in [6, 6.07) is 21.7. The first kappa shape index (κ1) is 13.4. The second-order valence-corrected chi connectivity index (χ2v) is 5.13. The monoisotopic (exact) mass is 276 g/mol. The fourth-order valence-electron chi connectivity index (χ4n) is 2.33. The van der Waals surface area contributed by atoms with E-state index in [9.17, 15) is 4.79 Å². The molecule has 0 heterocycles. The lowest BCUT2D eigenvalue weighted by Crippen LogP contribution is -2.05. The van der Waals surface area contributed by atoms with Crippen molar-refractivity contribution in [2.24, 2.45) is 0 Å². The van der Waals surface area contributed by atoms with Gasteiger partial charge >= 0.3 is 5.97 Å². The number of benzene rings is 3. The molecule has 0 atom stereocenters. The highest BCUT2D eigenvalue weighted by atomic mass is 16.5. The summed E-state index contributed by atoms with van der Waals surface area (Å²) in [4.78, 5) is 12.0. The smallest absolute Gasteiger partial charge is 0.338 e. The van der Waals surface area contributed by atoms with Crippen LogP contribution in [0.2, 0.25) is 0 Å². The molecule has 0 aliphatic rings. The van der Waals surface area contributed by atoms with Gasteiger partial charge in [-0.15, -0.1) is 0 Å². The third kappa shape index (κ3) is 3.11. The average molecular weight is 276 g/mol. The summed E-state index contributed by atoms with van der Waals surface area (Å²) in [7, 11) is 0. The van der Waals surface area contributed by atoms with Crippen LogP contribution in [-0.2, 0) is 11.3 Å². The van der Waals surface area contributed by atoms with Crippen LogP contribution >= 0.6 is 0 Å². The molecule has 21 heavy (non-hydrogen) atoms. The van der Waals surface area contributed by atoms with Gasteiger partial charge in [0.25, 0.3) is 0 Å². The van der Waals surface area contributed by atoms with Crippen LogP contribution in [0.25, 0.3) is 10.8 Å². The second kappa shape index (κ2) is 5.80. The average Bonchev–Trinajstić information content (AvgIpc) is 2.52. The van der Waals surface area contributed by atoms with Crippen molar-refractivity contribution < 1.29 is 9.53 Å². The van der Waals surface area contributed by atoms with E-state index in [1.807, 2.05) is 49.4 Å². The molecular weight excluding hydrogens is 260 g/mol. The second-order valence-electron chi connectivity index (χ2n) is 5.13. The largest absolute Gasteiger partial charge is 0.457 e. The van der Waals surface area contributed by atoms with Crippen LogP contribution in [0.5, 0.6) is 0 Å². The molecule has 0 radical (unpaired) electrons. The maximum Gasteiger partial charge on any atom is 0.338 e. The third-order valence-corrected chi connectivity index (χ3v) is 3.44. The predicted molar refractivity (Wildman–Crippen MR) is 84.2 cm³/mol. The Morgan fingerprint density at radius 2 is 1.71 bits per heavy atom. The Bertz CT molecular complexity index is 790. The van der Waals surface area contributed by atoms with Gasteiger partial charge in [0.05, 0.1) is 5.56 Å². The van der Waals surface area contributed by atoms with E-state index >= 15 is 0 Å². The van der Waals surface area contributed by atoms with Crippen LogP contribution in [0.15, 0.2) is 66.7 Å². The van der Waals surface area contributed by atoms with Gasteiger partial charge in [0.15, 0.2) is 0 Å². The minimum atomic E-state index is -0.285. The van der Waals surface area contributed by atoms with Crippen LogP contribution < -0.4 is 0 Å². The Kier molecular flexibility index (Phi) is 3.69. The molecule has 104 valence electrons. The summed E-state index contributed by atoms with van der Waals surface area (Å²) in [5.41, 5.74) is 2.64. The van der Waals surface area contributed by atoms with E-state index in [4.69, 9.17) is 4.74 Å². The van der Waals surface area contributed by atoms with Gasteiger partial charge in [-0.05, 0) is 41.5 Å². The van der Waals surface area contributed by atoms with Crippen LogP contribution in [0.3, 0.4) is 0 Å². The van der Waals surface area contributed by atoms with Crippen molar-refractivity contribution in [1.29, 1.82) is 0 Å². The van der Waals surface area contributed by atoms with E-state index in [0.717, 1.165) is 16.5 Å². The van der Waals surface area contributed by atoms with Crippen molar-refractivity contribution in [3.63, 3.8) is 0 Å². The zero-order valence-electron chi connectivity index (χ0n) is 11.9. The fourth-order valence-corrected chi connectivity index (χ4v) is 2.33. The molecule has 0 saturated heterocycles. The number of carbonyl (C=O) groups is 1. The topological polar surface area (TPSA) is 26.3 Å². The first-order valence-corrected chi connectivity index (χ1v) is 6.94. The van der Waals surface area contributed by atoms with Crippen molar-refractivity contribution in [1.82, 2.24) is 0 Å². The Hall–Kier alpha value is -2.61. The van der Waals surface area contributed by atoms with E-state index in [-0.39, 0.29) is 12.6 Å². The molecule has 2 heteroatoms. The lowest BCUT2D eigenvalue weighted by Gasteiger charge is -2.07. The molecule has 0 unspecified atom stereocenters. The van der Waals surface area contributed by atoms with E-state index in [1.165, 1.54) is 5.39 Å². The zero-order chi connectivity index (χ0) is 14.7. The molecule has 0 saturated carbocycles. The van der Waals surface area contributed by atoms with Gasteiger partial charge in [-0.2, -0.15) is 0 Å². The van der Waals surface area contributed by atoms with E-state index < -0.39 is 0 Å². The zero-order valence-corrected chi connectivity index (χ0v) is 11.9. The van der Waals surface area contributed by atoms with Gasteiger partial charge in [-0.1, -0.05) is 54.1 Å². The van der Waals surface area contributed by atoms with E-state index in [2.05, 4.69) is 18.2 Å². The van der Waals surface area contributed by atoms with Gasteiger partial charge in [-0.3, -0.25) is 0 Å². The summed E-state index contributed by atoms with van der Waals surface area (Å²) >= 11 is 0. The molecule has 0 aliphatic carbocycles. The lowest BCUT2D eigenvalue weighted by molar-refractivity contribution is 0.0473. The van der Waals surface area contributed by atoms with Crippen LogP contribution in [0, 0.1) is 6.92 Å². The quantitative estimate of drug-likeness (QED) is 0.658. The normalized spacial score (nSPS) is 10.5. The minimum Gasteiger partial charge on any atom is -0.457 e. The predicted octanol–water partition coefficient (Wildman–Crippen LogP) is 4.51. The Balaban J connectivity index is 1.72. The number of aryl methyl sites for hydroxylation is 1. The number of fused-ring (bicyclic) bond motifs is 1. The lowest BCUT2D eigenvalue weighted by atomic mass is 10.1. The van der Waals surface area contributed by atoms with Gasteiger partial charge in [0, 0.05) is 0 Å². The summed E-state index contributed by atoms with van der Waals surface area (Å²) in [5.74, 6) is -0.285. The molecule has 3 aromatic rings. The highest BCUT2D eigenvalue weighted by Crippen LogP contribution is 2.16. The number of hydrogen-bond acceptors (Lipinski definition) is 2. The SMILES string of the molecule is Cc1cccc(C(=O)OCc2ccc3ccccc3c2)c1. The highest BCUT2D eigenvalue weighted by molar-refractivity contribution is 5.89. The maximum absolute atomic E-state index is 12.0. The first-order valence-electron chi connectivity index (χ1n) is 6.94. The standard InChI is InChI=1S/C19H16O2/c1-14-5-4-8-18(11-14)19(20)21-13-15-9-10-16-6-2-3-7-17(16)12-15/h2-12H,13H2,1H3. The summed E-state index contributed by atoms with van der Waals surface area (Å²) < 4.78 is 5.38. The molecule has 2 nitrogen and oxygen atoms in total. The molecule has 0 aliphatic heterocycles. The van der Waals surface area contributed by atoms with Gasteiger partial charge < -0.3 is 4.74 Å². The molecule has 0 aromatic heterocycles. The number of carbonyl (C=O) groups excluding carboxylic acids is 1. The molecule has 3 aromatic carbocycles. The van der Waals surface area contributed by atoms with E-state index in [1.54, 1.807) is 6.07 Å². The minimum absolute atomic E-state index is 0.285. The van der Waals surface area contributed by atoms with Crippen LogP contribution in [0.1, 0.15) is 21.5 Å². The van der Waals surface area contributed by atoms with Gasteiger partial charge in [-0.25, -0.2) is 4.79 Å². The number of esters is 1. The summed E-state index contributed by atoms with van der Waals surface area (Å²) in [5, 5.41) is 2.34. The molecule has 0 fully saturated rings. The summed E-state index contributed by atoms with van der Waals surface area (Å²) in [6.45, 7) is 2.25. The Morgan fingerprint density at radius 1 is 0.905 bits per heavy atom. The molecule has 0 spiro atoms. The third-order valence-electron chi connectivity index (χ3n) is 3.44. The Labute approximate surface area is 124 Å². The molecule has 0 bridgehead atoms. The van der Waals surface area contributed by atoms with Crippen molar-refractivity contribution in [2.75, 3.05) is 0 Å². The van der Waals surface area contributed by atoms with Crippen molar-refractivity contribution in [3.05, 3.63) is 83.4 Å². The highest BCUT2D eigenvalue weighted by Gasteiger charge is 2.07. The number of hydrogen-bond donors (Lipinski definition) is 0. The fraction of sp³-hybridized carbons (Fsp3) is 0.105. The van der Waals surface area contributed by atoms with Crippen LogP contribution in [-0.4, -0.2) is 5.97 Å². The Morgan fingerprint density at radius 3 is 2.52 bits per heavy atom. The van der Waals surface area contributed by atoms with Crippen molar-refractivity contribution in [3.8, 4) is 0 Å². The molecule has 0 N–H and O–H groups in total. The first-order chi connectivity index (χ1) is 10.2. The van der Waals surface area contributed by atoms with Gasteiger partial charge in [0.1, 0.15) is 6.61 Å². The number of rotatable bonds is 3.